The number of hydrogen-bond acceptors (Lipinski definition) is 5. The average Bonchev–Trinajstić information content (AvgIpc) is 3.30. The van der Waals surface area contributed by atoms with Crippen molar-refractivity contribution in [1.29, 1.82) is 0 Å². The van der Waals surface area contributed by atoms with Gasteiger partial charge in [-0.25, -0.2) is 0 Å². The lowest BCUT2D eigenvalue weighted by Crippen LogP contribution is -2.28. The van der Waals surface area contributed by atoms with Crippen LogP contribution in [0.5, 0.6) is 0 Å². The first-order valence-corrected chi connectivity index (χ1v) is 29.2. The van der Waals surface area contributed by atoms with E-state index in [1.807, 2.05) is 0 Å². The maximum absolute atomic E-state index is 12.2. The van der Waals surface area contributed by atoms with E-state index in [2.05, 4.69) is 26.0 Å². The number of rotatable bonds is 55. The van der Waals surface area contributed by atoms with Crippen molar-refractivity contribution in [2.45, 2.75) is 341 Å². The molecule has 0 aromatic rings. The first kappa shape index (κ1) is 62.6. The zero-order chi connectivity index (χ0) is 46.3. The minimum absolute atomic E-state index is 0.0625. The maximum atomic E-state index is 12.2. The number of esters is 2. The normalized spacial score (nSPS) is 12.1. The van der Waals surface area contributed by atoms with Crippen LogP contribution in [0.1, 0.15) is 335 Å². The minimum Gasteiger partial charge on any atom is -0.462 e. The Morgan fingerprint density at radius 1 is 0.344 bits per heavy atom. The largest absolute Gasteiger partial charge is 0.462 e. The number of unbranched alkanes of at least 4 members (excludes halogenated alkanes) is 45. The fourth-order valence-electron chi connectivity index (χ4n) is 9.14. The lowest BCUT2D eigenvalue weighted by molar-refractivity contribution is -0.161. The zero-order valence-electron chi connectivity index (χ0n) is 43.6. The van der Waals surface area contributed by atoms with Crippen molar-refractivity contribution in [3.05, 3.63) is 12.2 Å². The van der Waals surface area contributed by atoms with Gasteiger partial charge in [-0.1, -0.05) is 296 Å². The number of ether oxygens (including phenoxy) is 2. The van der Waals surface area contributed by atoms with Crippen LogP contribution in [0.2, 0.25) is 0 Å². The van der Waals surface area contributed by atoms with Crippen LogP contribution < -0.4 is 0 Å². The topological polar surface area (TPSA) is 72.8 Å². The Morgan fingerprint density at radius 2 is 0.578 bits per heavy atom. The number of hydrogen-bond donors (Lipinski definition) is 1. The summed E-state index contributed by atoms with van der Waals surface area (Å²) in [6.45, 7) is 4.17. The van der Waals surface area contributed by atoms with Crippen LogP contribution >= 0.6 is 0 Å². The van der Waals surface area contributed by atoms with Gasteiger partial charge in [0.15, 0.2) is 6.10 Å². The van der Waals surface area contributed by atoms with E-state index in [1.54, 1.807) is 0 Å². The molecule has 0 heterocycles. The van der Waals surface area contributed by atoms with Crippen molar-refractivity contribution in [3.8, 4) is 0 Å². The summed E-state index contributed by atoms with van der Waals surface area (Å²) in [7, 11) is 0. The highest BCUT2D eigenvalue weighted by atomic mass is 16.6. The highest BCUT2D eigenvalue weighted by Crippen LogP contribution is 2.18. The molecule has 1 unspecified atom stereocenters. The van der Waals surface area contributed by atoms with Gasteiger partial charge < -0.3 is 14.6 Å². The SMILES string of the molecule is CCCCCCC/C=C\CCCCCCCC(=O)OC(CO)COC(=O)CCCCCCCCCCCCCCCCCCCCCCCCCCCCCCCCCCCCCC. The highest BCUT2D eigenvalue weighted by molar-refractivity contribution is 5.70. The van der Waals surface area contributed by atoms with Gasteiger partial charge in [-0.3, -0.25) is 9.59 Å². The Balaban J connectivity index is 3.34. The summed E-state index contributed by atoms with van der Waals surface area (Å²) in [5.74, 6) is -0.582. The maximum Gasteiger partial charge on any atom is 0.306 e. The van der Waals surface area contributed by atoms with Crippen LogP contribution in [0.25, 0.3) is 0 Å². The van der Waals surface area contributed by atoms with E-state index >= 15 is 0 Å². The molecule has 0 radical (unpaired) electrons. The first-order chi connectivity index (χ1) is 31.6. The van der Waals surface area contributed by atoms with Gasteiger partial charge in [-0.05, 0) is 38.5 Å². The molecule has 0 bridgehead atoms. The molecule has 64 heavy (non-hydrogen) atoms. The molecule has 1 N–H and O–H groups in total. The highest BCUT2D eigenvalue weighted by Gasteiger charge is 2.16. The van der Waals surface area contributed by atoms with Crippen LogP contribution in [0, 0.1) is 0 Å². The van der Waals surface area contributed by atoms with Gasteiger partial charge in [0, 0.05) is 12.8 Å². The summed E-state index contributed by atoms with van der Waals surface area (Å²) in [6.07, 6.45) is 69.4. The standard InChI is InChI=1S/C59H114O5/c1-3-5-7-9-11-13-15-17-19-20-21-22-23-24-25-26-27-28-29-30-31-32-33-34-35-36-37-38-39-40-42-43-45-47-49-51-53-58(61)63-56-57(55-60)64-59(62)54-52-50-48-46-44-41-18-16-14-12-10-8-6-4-2/h16,18,57,60H,3-15,17,19-56H2,1-2H3/b18-16-. The Bertz CT molecular complexity index is 932. The molecule has 380 valence electrons. The number of aliphatic hydroxyl groups excluding tert-OH is 1. The van der Waals surface area contributed by atoms with E-state index in [0.29, 0.717) is 12.8 Å². The molecule has 0 spiro atoms. The molecule has 0 aliphatic heterocycles. The fraction of sp³-hybridized carbons (Fsp3) is 0.932. The molecule has 0 aliphatic carbocycles. The van der Waals surface area contributed by atoms with Gasteiger partial charge in [0.2, 0.25) is 0 Å². The smallest absolute Gasteiger partial charge is 0.306 e. The third-order valence-electron chi connectivity index (χ3n) is 13.6. The average molecular weight is 904 g/mol. The molecule has 0 aliphatic rings. The molecule has 0 saturated carbocycles. The molecule has 0 rings (SSSR count). The van der Waals surface area contributed by atoms with Crippen LogP contribution in [0.4, 0.5) is 0 Å². The van der Waals surface area contributed by atoms with E-state index < -0.39 is 6.10 Å². The summed E-state index contributed by atoms with van der Waals surface area (Å²) in [6, 6.07) is 0. The van der Waals surface area contributed by atoms with E-state index in [-0.39, 0.29) is 25.2 Å². The van der Waals surface area contributed by atoms with Crippen molar-refractivity contribution in [2.24, 2.45) is 0 Å². The predicted octanol–water partition coefficient (Wildman–Crippen LogP) is 19.5. The molecule has 0 amide bonds. The third kappa shape index (κ3) is 53.3. The van der Waals surface area contributed by atoms with E-state index in [0.717, 1.165) is 38.5 Å². The minimum atomic E-state index is -0.771. The van der Waals surface area contributed by atoms with Crippen molar-refractivity contribution in [1.82, 2.24) is 0 Å². The Kier molecular flexibility index (Phi) is 54.8. The first-order valence-electron chi connectivity index (χ1n) is 29.2. The fourth-order valence-corrected chi connectivity index (χ4v) is 9.14. The summed E-state index contributed by atoms with van der Waals surface area (Å²) in [5.41, 5.74) is 0. The molecule has 5 nitrogen and oxygen atoms in total. The van der Waals surface area contributed by atoms with Gasteiger partial charge in [0.25, 0.3) is 0 Å². The van der Waals surface area contributed by atoms with E-state index in [9.17, 15) is 14.7 Å². The van der Waals surface area contributed by atoms with Crippen molar-refractivity contribution >= 4 is 11.9 Å². The van der Waals surface area contributed by atoms with Gasteiger partial charge in [-0.15, -0.1) is 0 Å². The lowest BCUT2D eigenvalue weighted by Gasteiger charge is -2.15. The molecule has 0 fully saturated rings. The van der Waals surface area contributed by atoms with Crippen LogP contribution in [0.3, 0.4) is 0 Å². The Morgan fingerprint density at radius 3 is 0.844 bits per heavy atom. The Hall–Kier alpha value is -1.36. The van der Waals surface area contributed by atoms with Crippen LogP contribution in [-0.2, 0) is 19.1 Å². The number of carbonyl (C=O) groups is 2. The molecule has 1 atom stereocenters. The third-order valence-corrected chi connectivity index (χ3v) is 13.6. The zero-order valence-corrected chi connectivity index (χ0v) is 43.6. The van der Waals surface area contributed by atoms with Gasteiger partial charge in [0.05, 0.1) is 6.61 Å². The predicted molar refractivity (Wildman–Crippen MR) is 279 cm³/mol. The van der Waals surface area contributed by atoms with Crippen LogP contribution in [0.15, 0.2) is 12.2 Å². The molecular weight excluding hydrogens is 789 g/mol. The van der Waals surface area contributed by atoms with Gasteiger partial charge >= 0.3 is 11.9 Å². The van der Waals surface area contributed by atoms with Crippen molar-refractivity contribution in [3.63, 3.8) is 0 Å². The van der Waals surface area contributed by atoms with Crippen molar-refractivity contribution in [2.75, 3.05) is 13.2 Å². The van der Waals surface area contributed by atoms with Gasteiger partial charge in [-0.2, -0.15) is 0 Å². The monoisotopic (exact) mass is 903 g/mol. The lowest BCUT2D eigenvalue weighted by atomic mass is 10.0. The summed E-state index contributed by atoms with van der Waals surface area (Å²) >= 11 is 0. The quantitative estimate of drug-likeness (QED) is 0.0374. The second kappa shape index (κ2) is 56.0. The van der Waals surface area contributed by atoms with E-state index in [4.69, 9.17) is 9.47 Å². The Labute approximate surface area is 401 Å². The van der Waals surface area contributed by atoms with E-state index in [1.165, 1.54) is 270 Å². The van der Waals surface area contributed by atoms with Gasteiger partial charge in [0.1, 0.15) is 6.61 Å². The second-order valence-corrected chi connectivity index (χ2v) is 20.1. The van der Waals surface area contributed by atoms with Crippen LogP contribution in [-0.4, -0.2) is 36.4 Å². The number of allylic oxidation sites excluding steroid dienone is 2. The number of aliphatic hydroxyl groups is 1. The number of carbonyl (C=O) groups excluding carboxylic acids is 2. The molecule has 0 aromatic heterocycles. The molecular formula is C59H114O5. The summed E-state index contributed by atoms with van der Waals surface area (Å²) < 4.78 is 10.7. The molecule has 5 heteroatoms. The van der Waals surface area contributed by atoms with Crippen molar-refractivity contribution < 1.29 is 24.2 Å². The summed E-state index contributed by atoms with van der Waals surface area (Å²) in [5, 5.41) is 9.62. The molecule has 0 saturated heterocycles. The summed E-state index contributed by atoms with van der Waals surface area (Å²) in [4.78, 5) is 24.4. The second-order valence-electron chi connectivity index (χ2n) is 20.1. The molecule has 0 aromatic carbocycles.